The summed E-state index contributed by atoms with van der Waals surface area (Å²) in [5.41, 5.74) is 0.340. The zero-order valence-corrected chi connectivity index (χ0v) is 18.9. The smallest absolute Gasteiger partial charge is 0.416 e. The van der Waals surface area contributed by atoms with Crippen LogP contribution in [0.15, 0.2) is 60.7 Å². The maximum atomic E-state index is 13.2. The Morgan fingerprint density at radius 1 is 0.970 bits per heavy atom. The highest BCUT2D eigenvalue weighted by atomic mass is 19.4. The Hall–Kier alpha value is -3.06. The monoisotopic (exact) mass is 455 g/mol. The van der Waals surface area contributed by atoms with Crippen LogP contribution in [0.1, 0.15) is 31.7 Å². The van der Waals surface area contributed by atoms with Gasteiger partial charge in [-0.05, 0) is 55.7 Å². The van der Waals surface area contributed by atoms with E-state index in [9.17, 15) is 13.2 Å². The number of aryl methyl sites for hydroxylation is 1. The van der Waals surface area contributed by atoms with E-state index in [1.54, 1.807) is 0 Å². The molecule has 0 N–H and O–H groups in total. The quantitative estimate of drug-likeness (QED) is 0.288. The minimum atomic E-state index is -4.40. The van der Waals surface area contributed by atoms with Gasteiger partial charge in [-0.1, -0.05) is 50.2 Å². The Bertz CT molecular complexity index is 1220. The first-order chi connectivity index (χ1) is 15.9. The molecular weight excluding hydrogens is 427 g/mol. The molecule has 0 atom stereocenters. The zero-order valence-electron chi connectivity index (χ0n) is 18.9. The SMILES string of the molecule is CCN(CC)CCCn1c(COc2cccc3ccccc23)nc2cc(C(F)(F)F)ccc21. The van der Waals surface area contributed by atoms with Crippen molar-refractivity contribution >= 4 is 21.8 Å². The highest BCUT2D eigenvalue weighted by Gasteiger charge is 2.31. The fourth-order valence-electron chi connectivity index (χ4n) is 4.17. The Labute approximate surface area is 191 Å². The molecule has 0 aliphatic heterocycles. The molecule has 0 aliphatic carbocycles. The van der Waals surface area contributed by atoms with Gasteiger partial charge in [-0.25, -0.2) is 4.98 Å². The maximum absolute atomic E-state index is 13.2. The highest BCUT2D eigenvalue weighted by Crippen LogP contribution is 2.32. The van der Waals surface area contributed by atoms with Gasteiger partial charge in [0.2, 0.25) is 0 Å². The van der Waals surface area contributed by atoms with Gasteiger partial charge in [0, 0.05) is 11.9 Å². The molecule has 0 spiro atoms. The van der Waals surface area contributed by atoms with Gasteiger partial charge < -0.3 is 14.2 Å². The van der Waals surface area contributed by atoms with E-state index in [0.29, 0.717) is 23.4 Å². The summed E-state index contributed by atoms with van der Waals surface area (Å²) < 4.78 is 47.9. The van der Waals surface area contributed by atoms with Gasteiger partial charge in [-0.15, -0.1) is 0 Å². The second-order valence-corrected chi connectivity index (χ2v) is 8.03. The van der Waals surface area contributed by atoms with Gasteiger partial charge in [0.15, 0.2) is 0 Å². The van der Waals surface area contributed by atoms with E-state index in [1.165, 1.54) is 6.07 Å². The van der Waals surface area contributed by atoms with Crippen molar-refractivity contribution in [2.24, 2.45) is 0 Å². The molecule has 4 nitrogen and oxygen atoms in total. The molecular formula is C26H28F3N3O. The third-order valence-corrected chi connectivity index (χ3v) is 6.01. The fraction of sp³-hybridized carbons (Fsp3) is 0.346. The van der Waals surface area contributed by atoms with Crippen LogP contribution in [0.4, 0.5) is 13.2 Å². The third-order valence-electron chi connectivity index (χ3n) is 6.01. The summed E-state index contributed by atoms with van der Waals surface area (Å²) in [7, 11) is 0. The molecule has 0 saturated carbocycles. The average Bonchev–Trinajstić information content (AvgIpc) is 3.16. The van der Waals surface area contributed by atoms with E-state index < -0.39 is 11.7 Å². The summed E-state index contributed by atoms with van der Waals surface area (Å²) in [6.45, 7) is 7.93. The Balaban J connectivity index is 1.64. The molecule has 1 aromatic heterocycles. The van der Waals surface area contributed by atoms with Crippen LogP contribution in [0.5, 0.6) is 5.75 Å². The number of ether oxygens (including phenoxy) is 1. The molecule has 4 rings (SSSR count). The third kappa shape index (κ3) is 5.14. The van der Waals surface area contributed by atoms with Crippen LogP contribution in [0, 0.1) is 0 Å². The predicted molar refractivity (Wildman–Crippen MR) is 125 cm³/mol. The standard InChI is InChI=1S/C26H28F3N3O/c1-3-31(4-2)15-8-16-32-23-14-13-20(26(27,28)29)17-22(23)30-25(32)18-33-24-12-7-10-19-9-5-6-11-21(19)24/h5-7,9-14,17H,3-4,8,15-16,18H2,1-2H3. The lowest BCUT2D eigenvalue weighted by molar-refractivity contribution is -0.137. The van der Waals surface area contributed by atoms with Crippen molar-refractivity contribution in [3.8, 4) is 5.75 Å². The lowest BCUT2D eigenvalue weighted by Crippen LogP contribution is -2.25. The van der Waals surface area contributed by atoms with Gasteiger partial charge in [-0.3, -0.25) is 0 Å². The normalized spacial score (nSPS) is 12.2. The minimum absolute atomic E-state index is 0.176. The van der Waals surface area contributed by atoms with E-state index in [1.807, 2.05) is 47.0 Å². The van der Waals surface area contributed by atoms with Crippen LogP contribution in [0.25, 0.3) is 21.8 Å². The zero-order chi connectivity index (χ0) is 23.4. The van der Waals surface area contributed by atoms with Crippen molar-refractivity contribution in [1.82, 2.24) is 14.5 Å². The molecule has 0 saturated heterocycles. The van der Waals surface area contributed by atoms with E-state index in [4.69, 9.17) is 4.74 Å². The Morgan fingerprint density at radius 2 is 1.73 bits per heavy atom. The van der Waals surface area contributed by atoms with E-state index in [2.05, 4.69) is 23.7 Å². The summed E-state index contributed by atoms with van der Waals surface area (Å²) in [5.74, 6) is 1.35. The van der Waals surface area contributed by atoms with Crippen molar-refractivity contribution in [3.05, 3.63) is 72.1 Å². The number of hydrogen-bond donors (Lipinski definition) is 0. The highest BCUT2D eigenvalue weighted by molar-refractivity contribution is 5.88. The summed E-state index contributed by atoms with van der Waals surface area (Å²) >= 11 is 0. The number of aromatic nitrogens is 2. The number of imidazole rings is 1. The number of rotatable bonds is 9. The predicted octanol–water partition coefficient (Wildman–Crippen LogP) is 6.52. The number of nitrogens with zero attached hydrogens (tertiary/aromatic N) is 3. The average molecular weight is 456 g/mol. The summed E-state index contributed by atoms with van der Waals surface area (Å²) in [4.78, 5) is 6.87. The molecule has 1 heterocycles. The van der Waals surface area contributed by atoms with Crippen molar-refractivity contribution in [2.75, 3.05) is 19.6 Å². The fourth-order valence-corrected chi connectivity index (χ4v) is 4.17. The summed E-state index contributed by atoms with van der Waals surface area (Å²) in [6.07, 6.45) is -3.53. The van der Waals surface area contributed by atoms with Crippen LogP contribution in [0.2, 0.25) is 0 Å². The van der Waals surface area contributed by atoms with Crippen LogP contribution >= 0.6 is 0 Å². The summed E-state index contributed by atoms with van der Waals surface area (Å²) in [5, 5.41) is 2.06. The number of alkyl halides is 3. The number of hydrogen-bond acceptors (Lipinski definition) is 3. The molecule has 0 radical (unpaired) electrons. The molecule has 33 heavy (non-hydrogen) atoms. The largest absolute Gasteiger partial charge is 0.485 e. The van der Waals surface area contributed by atoms with Crippen LogP contribution < -0.4 is 4.74 Å². The van der Waals surface area contributed by atoms with Gasteiger partial charge in [0.25, 0.3) is 0 Å². The molecule has 3 aromatic carbocycles. The van der Waals surface area contributed by atoms with E-state index in [0.717, 1.165) is 54.7 Å². The minimum Gasteiger partial charge on any atom is -0.485 e. The van der Waals surface area contributed by atoms with Crippen molar-refractivity contribution < 1.29 is 17.9 Å². The number of fused-ring (bicyclic) bond motifs is 2. The van der Waals surface area contributed by atoms with Crippen molar-refractivity contribution in [2.45, 2.75) is 39.6 Å². The Kier molecular flexibility index (Phi) is 6.88. The second kappa shape index (κ2) is 9.83. The van der Waals surface area contributed by atoms with Crippen molar-refractivity contribution in [3.63, 3.8) is 0 Å². The van der Waals surface area contributed by atoms with Gasteiger partial charge in [-0.2, -0.15) is 13.2 Å². The molecule has 0 amide bonds. The lowest BCUT2D eigenvalue weighted by atomic mass is 10.1. The van der Waals surface area contributed by atoms with E-state index in [-0.39, 0.29) is 6.61 Å². The molecule has 0 fully saturated rings. The molecule has 0 aliphatic rings. The summed E-state index contributed by atoms with van der Waals surface area (Å²) in [6, 6.07) is 17.6. The van der Waals surface area contributed by atoms with Crippen LogP contribution in [-0.4, -0.2) is 34.1 Å². The first-order valence-electron chi connectivity index (χ1n) is 11.3. The second-order valence-electron chi connectivity index (χ2n) is 8.03. The lowest BCUT2D eigenvalue weighted by Gasteiger charge is -2.18. The van der Waals surface area contributed by atoms with E-state index >= 15 is 0 Å². The molecule has 4 aromatic rings. The molecule has 0 unspecified atom stereocenters. The number of halogens is 3. The topological polar surface area (TPSA) is 30.3 Å². The first-order valence-corrected chi connectivity index (χ1v) is 11.3. The molecule has 7 heteroatoms. The molecule has 0 bridgehead atoms. The maximum Gasteiger partial charge on any atom is 0.416 e. The van der Waals surface area contributed by atoms with Crippen LogP contribution in [0.3, 0.4) is 0 Å². The van der Waals surface area contributed by atoms with Gasteiger partial charge in [0.1, 0.15) is 18.2 Å². The van der Waals surface area contributed by atoms with Crippen LogP contribution in [-0.2, 0) is 19.3 Å². The molecule has 174 valence electrons. The first kappa shape index (κ1) is 23.1. The van der Waals surface area contributed by atoms with Gasteiger partial charge in [0.05, 0.1) is 16.6 Å². The van der Waals surface area contributed by atoms with Gasteiger partial charge >= 0.3 is 6.18 Å². The number of benzene rings is 3. The Morgan fingerprint density at radius 3 is 2.48 bits per heavy atom. The van der Waals surface area contributed by atoms with Crippen molar-refractivity contribution in [1.29, 1.82) is 0 Å².